The fourth-order valence-electron chi connectivity index (χ4n) is 2.28. The minimum atomic E-state index is 0.637. The summed E-state index contributed by atoms with van der Waals surface area (Å²) in [4.78, 5) is 2.28. The fraction of sp³-hybridized carbons (Fsp3) is 0.714. The monoisotopic (exact) mass is 252 g/mol. The van der Waals surface area contributed by atoms with Crippen LogP contribution in [-0.4, -0.2) is 44.3 Å². The van der Waals surface area contributed by atoms with Gasteiger partial charge in [-0.1, -0.05) is 0 Å². The van der Waals surface area contributed by atoms with Crippen molar-refractivity contribution in [2.45, 2.75) is 32.4 Å². The van der Waals surface area contributed by atoms with E-state index in [1.165, 1.54) is 0 Å². The Balaban J connectivity index is 1.60. The highest BCUT2D eigenvalue weighted by atomic mass is 16.5. The zero-order valence-corrected chi connectivity index (χ0v) is 11.4. The Kier molecular flexibility index (Phi) is 5.23. The number of likely N-dealkylation sites (N-methyl/N-ethyl adjacent to an activating group) is 1. The molecule has 1 aliphatic rings. The van der Waals surface area contributed by atoms with Crippen LogP contribution >= 0.6 is 0 Å². The summed E-state index contributed by atoms with van der Waals surface area (Å²) in [7, 11) is 2.13. The van der Waals surface area contributed by atoms with Crippen molar-refractivity contribution < 1.29 is 9.15 Å². The summed E-state index contributed by atoms with van der Waals surface area (Å²) in [6.07, 6.45) is 2.28. The third-order valence-corrected chi connectivity index (χ3v) is 3.37. The maximum absolute atomic E-state index is 5.57. The highest BCUT2D eigenvalue weighted by molar-refractivity contribution is 5.05. The second kappa shape index (κ2) is 6.92. The maximum atomic E-state index is 5.57. The molecule has 0 unspecified atom stereocenters. The number of nitrogens with zero attached hydrogens (tertiary/aromatic N) is 1. The molecule has 1 fully saturated rings. The van der Waals surface area contributed by atoms with Gasteiger partial charge in [0.2, 0.25) is 0 Å². The van der Waals surface area contributed by atoms with Gasteiger partial charge in [0, 0.05) is 32.3 Å². The number of hydrogen-bond acceptors (Lipinski definition) is 4. The molecule has 2 rings (SSSR count). The van der Waals surface area contributed by atoms with Gasteiger partial charge in [0.05, 0.1) is 6.54 Å². The summed E-state index contributed by atoms with van der Waals surface area (Å²) < 4.78 is 10.9. The Bertz CT molecular complexity index is 345. The van der Waals surface area contributed by atoms with Crippen molar-refractivity contribution >= 4 is 0 Å². The van der Waals surface area contributed by atoms with Gasteiger partial charge in [-0.2, -0.15) is 0 Å². The highest BCUT2D eigenvalue weighted by Gasteiger charge is 2.12. The summed E-state index contributed by atoms with van der Waals surface area (Å²) in [5, 5.41) is 3.59. The molecule has 18 heavy (non-hydrogen) atoms. The largest absolute Gasteiger partial charge is 0.465 e. The number of nitrogens with one attached hydrogen (secondary N) is 1. The van der Waals surface area contributed by atoms with Crippen molar-refractivity contribution in [3.05, 3.63) is 23.7 Å². The van der Waals surface area contributed by atoms with Crippen molar-refractivity contribution in [1.29, 1.82) is 0 Å². The molecule has 0 aromatic carbocycles. The summed E-state index contributed by atoms with van der Waals surface area (Å²) in [5.41, 5.74) is 0. The zero-order valence-electron chi connectivity index (χ0n) is 11.4. The van der Waals surface area contributed by atoms with Gasteiger partial charge in [-0.05, 0) is 38.9 Å². The molecule has 4 nitrogen and oxygen atoms in total. The van der Waals surface area contributed by atoms with E-state index in [1.807, 2.05) is 13.0 Å². The molecule has 1 saturated heterocycles. The van der Waals surface area contributed by atoms with E-state index in [0.29, 0.717) is 6.04 Å². The lowest BCUT2D eigenvalue weighted by Crippen LogP contribution is -2.39. The molecule has 1 aromatic heterocycles. The van der Waals surface area contributed by atoms with Gasteiger partial charge in [-0.3, -0.25) is 4.90 Å². The van der Waals surface area contributed by atoms with Crippen LogP contribution in [0.25, 0.3) is 0 Å². The fourth-order valence-corrected chi connectivity index (χ4v) is 2.28. The minimum Gasteiger partial charge on any atom is -0.465 e. The number of furan rings is 1. The first-order chi connectivity index (χ1) is 8.74. The second-order valence-electron chi connectivity index (χ2n) is 5.09. The molecule has 1 N–H and O–H groups in total. The lowest BCUT2D eigenvalue weighted by Gasteiger charge is -2.24. The topological polar surface area (TPSA) is 37.6 Å². The molecule has 102 valence electrons. The molecule has 4 heteroatoms. The molecule has 0 atom stereocenters. The average molecular weight is 252 g/mol. The summed E-state index contributed by atoms with van der Waals surface area (Å²) in [5.74, 6) is 2.03. The van der Waals surface area contributed by atoms with Crippen molar-refractivity contribution in [2.24, 2.45) is 0 Å². The molecule has 1 aromatic rings. The molecular formula is C14H24N2O2. The predicted octanol–water partition coefficient (Wildman–Crippen LogP) is 1.79. The quantitative estimate of drug-likeness (QED) is 0.837. The van der Waals surface area contributed by atoms with Gasteiger partial charge >= 0.3 is 0 Å². The van der Waals surface area contributed by atoms with Crippen molar-refractivity contribution in [2.75, 3.05) is 33.4 Å². The van der Waals surface area contributed by atoms with Crippen LogP contribution in [-0.2, 0) is 11.3 Å². The lowest BCUT2D eigenvalue weighted by atomic mass is 10.1. The SMILES string of the molecule is Cc1ccc(CN(C)CCNC2CCOCC2)o1. The van der Waals surface area contributed by atoms with E-state index in [4.69, 9.17) is 9.15 Å². The molecule has 0 amide bonds. The van der Waals surface area contributed by atoms with E-state index >= 15 is 0 Å². The predicted molar refractivity (Wildman–Crippen MR) is 71.6 cm³/mol. The molecule has 0 aliphatic carbocycles. The van der Waals surface area contributed by atoms with E-state index < -0.39 is 0 Å². The van der Waals surface area contributed by atoms with Crippen LogP contribution in [0.15, 0.2) is 16.5 Å². The van der Waals surface area contributed by atoms with E-state index in [-0.39, 0.29) is 0 Å². The van der Waals surface area contributed by atoms with Crippen LogP contribution in [0.5, 0.6) is 0 Å². The van der Waals surface area contributed by atoms with Crippen LogP contribution in [0.1, 0.15) is 24.4 Å². The first kappa shape index (κ1) is 13.6. The molecule has 0 bridgehead atoms. The van der Waals surface area contributed by atoms with Crippen LogP contribution in [0.3, 0.4) is 0 Å². The lowest BCUT2D eigenvalue weighted by molar-refractivity contribution is 0.0773. The van der Waals surface area contributed by atoms with Crippen molar-refractivity contribution in [3.63, 3.8) is 0 Å². The van der Waals surface area contributed by atoms with Crippen LogP contribution in [0, 0.1) is 6.92 Å². The van der Waals surface area contributed by atoms with Crippen molar-refractivity contribution in [1.82, 2.24) is 10.2 Å². The van der Waals surface area contributed by atoms with Gasteiger partial charge < -0.3 is 14.5 Å². The number of ether oxygens (including phenoxy) is 1. The molecular weight excluding hydrogens is 228 g/mol. The first-order valence-electron chi connectivity index (χ1n) is 6.79. The molecule has 0 spiro atoms. The minimum absolute atomic E-state index is 0.637. The van der Waals surface area contributed by atoms with Crippen LogP contribution < -0.4 is 5.32 Å². The van der Waals surface area contributed by atoms with E-state index in [2.05, 4.69) is 23.3 Å². The smallest absolute Gasteiger partial charge is 0.118 e. The number of aryl methyl sites for hydroxylation is 1. The number of rotatable bonds is 6. The first-order valence-corrected chi connectivity index (χ1v) is 6.79. The summed E-state index contributed by atoms with van der Waals surface area (Å²) >= 11 is 0. The summed E-state index contributed by atoms with van der Waals surface area (Å²) in [6, 6.07) is 4.71. The van der Waals surface area contributed by atoms with Gasteiger partial charge in [-0.25, -0.2) is 0 Å². The maximum Gasteiger partial charge on any atom is 0.118 e. The Morgan fingerprint density at radius 2 is 2.11 bits per heavy atom. The summed E-state index contributed by atoms with van der Waals surface area (Å²) in [6.45, 7) is 6.73. The Morgan fingerprint density at radius 1 is 1.33 bits per heavy atom. The van der Waals surface area contributed by atoms with E-state index in [9.17, 15) is 0 Å². The highest BCUT2D eigenvalue weighted by Crippen LogP contribution is 2.08. The van der Waals surface area contributed by atoms with E-state index in [1.54, 1.807) is 0 Å². The Morgan fingerprint density at radius 3 is 2.78 bits per heavy atom. The van der Waals surface area contributed by atoms with Gasteiger partial charge in [0.25, 0.3) is 0 Å². The Labute approximate surface area is 109 Å². The van der Waals surface area contributed by atoms with Crippen LogP contribution in [0.4, 0.5) is 0 Å². The third kappa shape index (κ3) is 4.44. The van der Waals surface area contributed by atoms with E-state index in [0.717, 1.165) is 57.2 Å². The molecule has 0 saturated carbocycles. The van der Waals surface area contributed by atoms with Gasteiger partial charge in [0.1, 0.15) is 11.5 Å². The normalized spacial score (nSPS) is 17.5. The van der Waals surface area contributed by atoms with Crippen LogP contribution in [0.2, 0.25) is 0 Å². The number of hydrogen-bond donors (Lipinski definition) is 1. The standard InChI is InChI=1S/C14H24N2O2/c1-12-3-4-14(18-12)11-16(2)8-7-15-13-5-9-17-10-6-13/h3-4,13,15H,5-11H2,1-2H3. The Hall–Kier alpha value is -0.840. The molecule has 1 aliphatic heterocycles. The van der Waals surface area contributed by atoms with Crippen molar-refractivity contribution in [3.8, 4) is 0 Å². The van der Waals surface area contributed by atoms with Gasteiger partial charge in [0.15, 0.2) is 0 Å². The average Bonchev–Trinajstić information content (AvgIpc) is 2.76. The zero-order chi connectivity index (χ0) is 12.8. The van der Waals surface area contributed by atoms with Gasteiger partial charge in [-0.15, -0.1) is 0 Å². The second-order valence-corrected chi connectivity index (χ2v) is 5.09. The molecule has 0 radical (unpaired) electrons. The molecule has 2 heterocycles. The third-order valence-electron chi connectivity index (χ3n) is 3.37.